The predicted octanol–water partition coefficient (Wildman–Crippen LogP) is 1.93. The molecular weight excluding hydrogens is 342 g/mol. The molecule has 1 unspecified atom stereocenters. The van der Waals surface area contributed by atoms with Crippen LogP contribution < -0.4 is 11.1 Å². The lowest BCUT2D eigenvalue weighted by molar-refractivity contribution is -0.137. The Morgan fingerprint density at radius 1 is 1.41 bits per heavy atom. The van der Waals surface area contributed by atoms with Crippen LogP contribution in [-0.2, 0) is 14.9 Å². The first-order valence-corrected chi connectivity index (χ1v) is 9.44. The van der Waals surface area contributed by atoms with Crippen molar-refractivity contribution in [1.29, 1.82) is 0 Å². The van der Waals surface area contributed by atoms with E-state index in [-0.39, 0.29) is 17.3 Å². The van der Waals surface area contributed by atoms with Crippen LogP contribution in [0.5, 0.6) is 0 Å². The third-order valence-electron chi connectivity index (χ3n) is 6.98. The van der Waals surface area contributed by atoms with Gasteiger partial charge in [-0.2, -0.15) is 0 Å². The number of nitrogens with two attached hydrogens (primary N) is 1. The molecule has 1 aliphatic carbocycles. The SMILES string of the molecule is C/C=C1/CN2CC[C@]34C(=C(C(=O)OC)C1C[C@H]23)Nc1ccc(C(N)=O)cc14. The molecule has 6 nitrogen and oxygen atoms in total. The highest BCUT2D eigenvalue weighted by Gasteiger charge is 2.62. The second-order valence-electron chi connectivity index (χ2n) is 7.89. The van der Waals surface area contributed by atoms with Crippen LogP contribution in [0.3, 0.4) is 0 Å². The van der Waals surface area contributed by atoms with Crippen molar-refractivity contribution in [3.8, 4) is 0 Å². The predicted molar refractivity (Wildman–Crippen MR) is 101 cm³/mol. The number of methoxy groups -OCH3 is 1. The Bertz CT molecular complexity index is 948. The molecule has 2 fully saturated rings. The molecule has 140 valence electrons. The first-order valence-electron chi connectivity index (χ1n) is 9.44. The van der Waals surface area contributed by atoms with Gasteiger partial charge < -0.3 is 15.8 Å². The Hall–Kier alpha value is -2.60. The maximum atomic E-state index is 12.8. The number of nitrogens with zero attached hydrogens (tertiary/aromatic N) is 1. The number of benzene rings is 1. The standard InChI is InChI=1S/C21H23N3O3/c1-3-11-10-24-7-6-21-14-8-12(19(22)25)4-5-15(14)23-18(21)17(20(26)27-2)13(11)9-16(21)24/h3-5,8,13,16,23H,6-7,9-10H2,1-2H3,(H2,22,25)/b11-3-/t13?,16-,21+/m0/s1. The molecule has 0 radical (unpaired) electrons. The van der Waals surface area contributed by atoms with Gasteiger partial charge in [-0.25, -0.2) is 4.79 Å². The van der Waals surface area contributed by atoms with E-state index in [4.69, 9.17) is 10.5 Å². The van der Waals surface area contributed by atoms with Gasteiger partial charge in [-0.05, 0) is 43.5 Å². The summed E-state index contributed by atoms with van der Waals surface area (Å²) >= 11 is 0. The van der Waals surface area contributed by atoms with Crippen LogP contribution in [0.1, 0.15) is 35.7 Å². The molecule has 0 saturated carbocycles. The minimum atomic E-state index is -0.428. The van der Waals surface area contributed by atoms with Crippen LogP contribution in [-0.4, -0.2) is 43.0 Å². The average molecular weight is 365 g/mol. The number of fused-ring (bicyclic) bond motifs is 2. The van der Waals surface area contributed by atoms with Crippen molar-refractivity contribution in [2.24, 2.45) is 11.7 Å². The molecular formula is C21H23N3O3. The zero-order valence-electron chi connectivity index (χ0n) is 15.5. The minimum Gasteiger partial charge on any atom is -0.466 e. The van der Waals surface area contributed by atoms with E-state index in [1.165, 1.54) is 12.7 Å². The summed E-state index contributed by atoms with van der Waals surface area (Å²) < 4.78 is 5.19. The van der Waals surface area contributed by atoms with Crippen LogP contribution in [0.15, 0.2) is 41.1 Å². The smallest absolute Gasteiger partial charge is 0.336 e. The number of esters is 1. The number of hydrogen-bond acceptors (Lipinski definition) is 5. The summed E-state index contributed by atoms with van der Waals surface area (Å²) in [4.78, 5) is 27.1. The number of carbonyl (C=O) groups is 2. The van der Waals surface area contributed by atoms with Gasteiger partial charge in [-0.15, -0.1) is 0 Å². The van der Waals surface area contributed by atoms with Gasteiger partial charge >= 0.3 is 5.97 Å². The number of piperidine rings is 1. The van der Waals surface area contributed by atoms with Gasteiger partial charge in [0.1, 0.15) is 0 Å². The molecule has 27 heavy (non-hydrogen) atoms. The fraction of sp³-hybridized carbons (Fsp3) is 0.429. The summed E-state index contributed by atoms with van der Waals surface area (Å²) in [5.41, 5.74) is 10.8. The van der Waals surface area contributed by atoms with Crippen molar-refractivity contribution >= 4 is 17.6 Å². The number of nitrogens with one attached hydrogen (secondary N) is 1. The number of primary amides is 1. The Morgan fingerprint density at radius 2 is 2.22 bits per heavy atom. The van der Waals surface area contributed by atoms with Crippen LogP contribution >= 0.6 is 0 Å². The molecule has 3 aliphatic heterocycles. The van der Waals surface area contributed by atoms with Crippen molar-refractivity contribution in [3.63, 3.8) is 0 Å². The van der Waals surface area contributed by atoms with Crippen LogP contribution in [0.2, 0.25) is 0 Å². The summed E-state index contributed by atoms with van der Waals surface area (Å²) in [5, 5.41) is 3.53. The molecule has 4 aliphatic rings. The highest BCUT2D eigenvalue weighted by molar-refractivity contribution is 5.96. The topological polar surface area (TPSA) is 84.7 Å². The van der Waals surface area contributed by atoms with E-state index in [9.17, 15) is 9.59 Å². The number of ether oxygens (including phenoxy) is 1. The molecule has 3 heterocycles. The largest absolute Gasteiger partial charge is 0.466 e. The summed E-state index contributed by atoms with van der Waals surface area (Å²) in [6.45, 7) is 3.89. The lowest BCUT2D eigenvalue weighted by Crippen LogP contribution is -2.53. The fourth-order valence-electron chi connectivity index (χ4n) is 5.81. The molecule has 1 aromatic rings. The molecule has 0 aromatic heterocycles. The van der Waals surface area contributed by atoms with Crippen LogP contribution in [0.4, 0.5) is 5.69 Å². The number of anilines is 1. The monoisotopic (exact) mass is 365 g/mol. The van der Waals surface area contributed by atoms with E-state index in [1.54, 1.807) is 6.07 Å². The van der Waals surface area contributed by atoms with Gasteiger partial charge in [0.05, 0.1) is 18.1 Å². The second kappa shape index (κ2) is 5.45. The Kier molecular flexibility index (Phi) is 3.35. The third-order valence-corrected chi connectivity index (χ3v) is 6.98. The maximum absolute atomic E-state index is 12.8. The number of hydrogen-bond donors (Lipinski definition) is 2. The molecule has 2 saturated heterocycles. The van der Waals surface area contributed by atoms with Gasteiger partial charge in [-0.3, -0.25) is 9.69 Å². The number of carbonyl (C=O) groups excluding carboxylic acids is 2. The highest BCUT2D eigenvalue weighted by atomic mass is 16.5. The van der Waals surface area contributed by atoms with Crippen LogP contribution in [0, 0.1) is 5.92 Å². The van der Waals surface area contributed by atoms with Crippen molar-refractivity contribution in [3.05, 3.63) is 52.2 Å². The zero-order valence-corrected chi connectivity index (χ0v) is 15.5. The Labute approximate surface area is 158 Å². The van der Waals surface area contributed by atoms with Crippen LogP contribution in [0.25, 0.3) is 0 Å². The second-order valence-corrected chi connectivity index (χ2v) is 7.89. The van der Waals surface area contributed by atoms with Crippen molar-refractivity contribution in [2.75, 3.05) is 25.5 Å². The van der Waals surface area contributed by atoms with Gasteiger partial charge in [-0.1, -0.05) is 11.6 Å². The minimum absolute atomic E-state index is 0.0855. The number of amides is 1. The molecule has 1 amide bonds. The molecule has 6 heteroatoms. The third kappa shape index (κ3) is 1.94. The summed E-state index contributed by atoms with van der Waals surface area (Å²) in [6.07, 6.45) is 3.96. The molecule has 2 bridgehead atoms. The van der Waals surface area contributed by atoms with Crippen molar-refractivity contribution < 1.29 is 14.3 Å². The zero-order chi connectivity index (χ0) is 18.9. The number of rotatable bonds is 2. The molecule has 3 N–H and O–H groups in total. The molecule has 5 rings (SSSR count). The average Bonchev–Trinajstić information content (AvgIpc) is 3.23. The summed E-state index contributed by atoms with van der Waals surface area (Å²) in [5.74, 6) is -0.603. The lowest BCUT2D eigenvalue weighted by atomic mass is 9.61. The normalized spacial score (nSPS) is 32.1. The van der Waals surface area contributed by atoms with Gasteiger partial charge in [0.2, 0.25) is 5.91 Å². The quantitative estimate of drug-likeness (QED) is 0.618. The van der Waals surface area contributed by atoms with Crippen molar-refractivity contribution in [2.45, 2.75) is 31.2 Å². The van der Waals surface area contributed by atoms with E-state index in [2.05, 4.69) is 16.3 Å². The van der Waals surface area contributed by atoms with E-state index in [0.717, 1.165) is 48.5 Å². The lowest BCUT2D eigenvalue weighted by Gasteiger charge is -2.48. The Balaban J connectivity index is 1.80. The summed E-state index contributed by atoms with van der Waals surface area (Å²) in [6, 6.07) is 5.89. The van der Waals surface area contributed by atoms with Gasteiger partial charge in [0.15, 0.2) is 0 Å². The maximum Gasteiger partial charge on any atom is 0.336 e. The first-order chi connectivity index (χ1) is 13.0. The fourth-order valence-corrected chi connectivity index (χ4v) is 5.81. The Morgan fingerprint density at radius 3 is 2.93 bits per heavy atom. The van der Waals surface area contributed by atoms with Crippen molar-refractivity contribution in [1.82, 2.24) is 4.90 Å². The molecule has 3 atom stereocenters. The molecule has 1 spiro atoms. The summed E-state index contributed by atoms with van der Waals surface area (Å²) in [7, 11) is 1.45. The first kappa shape index (κ1) is 16.6. The van der Waals surface area contributed by atoms with E-state index in [0.29, 0.717) is 11.6 Å². The van der Waals surface area contributed by atoms with E-state index in [1.807, 2.05) is 19.1 Å². The van der Waals surface area contributed by atoms with E-state index >= 15 is 0 Å². The van der Waals surface area contributed by atoms with Gasteiger partial charge in [0.25, 0.3) is 0 Å². The van der Waals surface area contributed by atoms with E-state index < -0.39 is 5.91 Å². The van der Waals surface area contributed by atoms with Gasteiger partial charge in [0, 0.05) is 42.0 Å². The number of allylic oxidation sites excluding steroid dienone is 1. The molecule has 1 aromatic carbocycles. The highest BCUT2D eigenvalue weighted by Crippen LogP contribution is 2.61.